The van der Waals surface area contributed by atoms with E-state index in [1.54, 1.807) is 24.4 Å². The fourth-order valence-electron chi connectivity index (χ4n) is 3.71. The Kier molecular flexibility index (Phi) is 6.57. The van der Waals surface area contributed by atoms with Crippen LogP contribution in [-0.4, -0.2) is 23.3 Å². The van der Waals surface area contributed by atoms with Gasteiger partial charge in [-0.15, -0.1) is 0 Å². The van der Waals surface area contributed by atoms with Gasteiger partial charge >= 0.3 is 0 Å². The van der Waals surface area contributed by atoms with E-state index in [1.807, 2.05) is 37.3 Å². The molecule has 0 atom stereocenters. The molecule has 0 spiro atoms. The average molecular weight is 446 g/mol. The van der Waals surface area contributed by atoms with E-state index in [1.165, 1.54) is 5.56 Å². The van der Waals surface area contributed by atoms with Gasteiger partial charge in [0.15, 0.2) is 6.61 Å². The molecule has 0 aliphatic carbocycles. The van der Waals surface area contributed by atoms with E-state index in [9.17, 15) is 4.79 Å². The van der Waals surface area contributed by atoms with Crippen molar-refractivity contribution in [3.63, 3.8) is 0 Å². The molecule has 1 N–H and O–H groups in total. The second kappa shape index (κ2) is 9.71. The van der Waals surface area contributed by atoms with Crippen LogP contribution in [-0.2, 0) is 11.3 Å². The number of amides is 1. The molecule has 0 aliphatic rings. The second-order valence-electron chi connectivity index (χ2n) is 7.58. The normalized spacial score (nSPS) is 11.2. The Labute approximate surface area is 192 Å². The van der Waals surface area contributed by atoms with Crippen molar-refractivity contribution in [2.75, 3.05) is 6.61 Å². The number of hydrazone groups is 1. The zero-order chi connectivity index (χ0) is 22.5. The highest BCUT2D eigenvalue weighted by Gasteiger charge is 2.13. The Morgan fingerprint density at radius 2 is 1.81 bits per heavy atom. The van der Waals surface area contributed by atoms with Crippen LogP contribution in [0, 0.1) is 13.8 Å². The van der Waals surface area contributed by atoms with E-state index in [4.69, 9.17) is 16.3 Å². The largest absolute Gasteiger partial charge is 0.483 e. The molecule has 6 heteroatoms. The van der Waals surface area contributed by atoms with Crippen molar-refractivity contribution >= 4 is 34.6 Å². The fourth-order valence-corrected chi connectivity index (χ4v) is 3.94. The predicted octanol–water partition coefficient (Wildman–Crippen LogP) is 5.49. The van der Waals surface area contributed by atoms with E-state index in [0.717, 1.165) is 34.3 Å². The number of hydrogen-bond donors (Lipinski definition) is 1. The Morgan fingerprint density at radius 1 is 1.06 bits per heavy atom. The summed E-state index contributed by atoms with van der Waals surface area (Å²) in [5.41, 5.74) is 7.84. The van der Waals surface area contributed by atoms with Crippen molar-refractivity contribution in [2.45, 2.75) is 20.4 Å². The van der Waals surface area contributed by atoms with E-state index < -0.39 is 0 Å². The molecular weight excluding hydrogens is 422 g/mol. The maximum Gasteiger partial charge on any atom is 0.277 e. The molecule has 5 nitrogen and oxygen atoms in total. The minimum Gasteiger partial charge on any atom is -0.483 e. The molecule has 0 saturated carbocycles. The van der Waals surface area contributed by atoms with Crippen LogP contribution in [0.15, 0.2) is 77.9 Å². The standard InChI is InChI=1S/C26H24ClN3O2/c1-18-14-21(27)12-13-25(18)32-17-26(31)29-28-15-23-19(2)30(16-20-8-4-3-5-9-20)24-11-7-6-10-22(23)24/h3-15H,16-17H2,1-2H3,(H,29,31)/b28-15+. The minimum atomic E-state index is -0.332. The Morgan fingerprint density at radius 3 is 2.59 bits per heavy atom. The molecule has 1 amide bonds. The number of benzene rings is 3. The summed E-state index contributed by atoms with van der Waals surface area (Å²) in [6, 6.07) is 23.8. The van der Waals surface area contributed by atoms with Crippen LogP contribution >= 0.6 is 11.6 Å². The van der Waals surface area contributed by atoms with Gasteiger partial charge < -0.3 is 9.30 Å². The molecule has 4 rings (SSSR count). The average Bonchev–Trinajstić information content (AvgIpc) is 3.05. The van der Waals surface area contributed by atoms with Crippen molar-refractivity contribution in [1.29, 1.82) is 0 Å². The number of aryl methyl sites for hydroxylation is 1. The van der Waals surface area contributed by atoms with Gasteiger partial charge in [0.05, 0.1) is 6.21 Å². The third kappa shape index (κ3) is 4.84. The first-order valence-corrected chi connectivity index (χ1v) is 10.7. The predicted molar refractivity (Wildman–Crippen MR) is 130 cm³/mol. The van der Waals surface area contributed by atoms with Gasteiger partial charge in [0, 0.05) is 33.7 Å². The highest BCUT2D eigenvalue weighted by molar-refractivity contribution is 6.30. The molecule has 0 bridgehead atoms. The van der Waals surface area contributed by atoms with Crippen molar-refractivity contribution in [3.8, 4) is 5.75 Å². The zero-order valence-corrected chi connectivity index (χ0v) is 18.8. The van der Waals surface area contributed by atoms with Gasteiger partial charge in [-0.05, 0) is 49.2 Å². The summed E-state index contributed by atoms with van der Waals surface area (Å²) in [6.07, 6.45) is 1.70. The van der Waals surface area contributed by atoms with Gasteiger partial charge in [-0.1, -0.05) is 60.1 Å². The van der Waals surface area contributed by atoms with Gasteiger partial charge in [0.25, 0.3) is 5.91 Å². The number of carbonyl (C=O) groups is 1. The van der Waals surface area contributed by atoms with Crippen LogP contribution in [0.4, 0.5) is 0 Å². The molecule has 162 valence electrons. The second-order valence-corrected chi connectivity index (χ2v) is 8.02. The number of halogens is 1. The van der Waals surface area contributed by atoms with Crippen molar-refractivity contribution in [1.82, 2.24) is 9.99 Å². The maximum absolute atomic E-state index is 12.2. The molecule has 0 saturated heterocycles. The van der Waals surface area contributed by atoms with E-state index in [0.29, 0.717) is 10.8 Å². The van der Waals surface area contributed by atoms with Gasteiger partial charge in [-0.3, -0.25) is 4.79 Å². The number of carbonyl (C=O) groups excluding carboxylic acids is 1. The van der Waals surface area contributed by atoms with Gasteiger partial charge in [0.1, 0.15) is 5.75 Å². The van der Waals surface area contributed by atoms with Crippen LogP contribution in [0.25, 0.3) is 10.9 Å². The van der Waals surface area contributed by atoms with Crippen molar-refractivity contribution in [3.05, 3.63) is 100 Å². The summed E-state index contributed by atoms with van der Waals surface area (Å²) in [7, 11) is 0. The molecule has 0 radical (unpaired) electrons. The summed E-state index contributed by atoms with van der Waals surface area (Å²) in [5, 5.41) is 5.90. The molecule has 0 aliphatic heterocycles. The van der Waals surface area contributed by atoms with E-state index >= 15 is 0 Å². The number of para-hydroxylation sites is 1. The van der Waals surface area contributed by atoms with Gasteiger partial charge in [-0.2, -0.15) is 5.10 Å². The van der Waals surface area contributed by atoms with Crippen LogP contribution < -0.4 is 10.2 Å². The Balaban J connectivity index is 1.47. The number of rotatable bonds is 7. The molecule has 4 aromatic rings. The SMILES string of the molecule is Cc1cc(Cl)ccc1OCC(=O)N/N=C/c1c(C)n(Cc2ccccc2)c2ccccc12. The fraction of sp³-hybridized carbons (Fsp3) is 0.154. The topological polar surface area (TPSA) is 55.6 Å². The lowest BCUT2D eigenvalue weighted by Crippen LogP contribution is -2.24. The lowest BCUT2D eigenvalue weighted by atomic mass is 10.1. The zero-order valence-electron chi connectivity index (χ0n) is 18.0. The molecular formula is C26H24ClN3O2. The minimum absolute atomic E-state index is 0.130. The lowest BCUT2D eigenvalue weighted by Gasteiger charge is -2.09. The third-order valence-electron chi connectivity index (χ3n) is 5.34. The Bertz CT molecular complexity index is 1280. The summed E-state index contributed by atoms with van der Waals surface area (Å²) in [6.45, 7) is 4.58. The van der Waals surface area contributed by atoms with Crippen LogP contribution in [0.2, 0.25) is 5.02 Å². The van der Waals surface area contributed by atoms with Crippen LogP contribution in [0.1, 0.15) is 22.4 Å². The highest BCUT2D eigenvalue weighted by atomic mass is 35.5. The maximum atomic E-state index is 12.2. The van der Waals surface area contributed by atoms with Gasteiger partial charge in [0.2, 0.25) is 0 Å². The number of ether oxygens (including phenoxy) is 1. The molecule has 32 heavy (non-hydrogen) atoms. The number of aromatic nitrogens is 1. The van der Waals surface area contributed by atoms with Gasteiger partial charge in [-0.25, -0.2) is 5.43 Å². The van der Waals surface area contributed by atoms with Crippen LogP contribution in [0.3, 0.4) is 0 Å². The summed E-state index contributed by atoms with van der Waals surface area (Å²) >= 11 is 5.95. The first kappa shape index (κ1) is 21.7. The van der Waals surface area contributed by atoms with E-state index in [2.05, 4.69) is 46.3 Å². The molecule has 3 aromatic carbocycles. The molecule has 0 unspecified atom stereocenters. The van der Waals surface area contributed by atoms with Crippen molar-refractivity contribution < 1.29 is 9.53 Å². The lowest BCUT2D eigenvalue weighted by molar-refractivity contribution is -0.123. The quantitative estimate of drug-likeness (QED) is 0.302. The third-order valence-corrected chi connectivity index (χ3v) is 5.58. The Hall–Kier alpha value is -3.57. The van der Waals surface area contributed by atoms with Crippen LogP contribution in [0.5, 0.6) is 5.75 Å². The summed E-state index contributed by atoms with van der Waals surface area (Å²) in [5.74, 6) is 0.287. The summed E-state index contributed by atoms with van der Waals surface area (Å²) in [4.78, 5) is 12.2. The first-order valence-electron chi connectivity index (χ1n) is 10.4. The number of hydrogen-bond acceptors (Lipinski definition) is 3. The highest BCUT2D eigenvalue weighted by Crippen LogP contribution is 2.25. The van der Waals surface area contributed by atoms with Crippen molar-refractivity contribution in [2.24, 2.45) is 5.10 Å². The monoisotopic (exact) mass is 445 g/mol. The number of fused-ring (bicyclic) bond motifs is 1. The number of nitrogens with one attached hydrogen (secondary N) is 1. The number of nitrogens with zero attached hydrogens (tertiary/aromatic N) is 2. The van der Waals surface area contributed by atoms with E-state index in [-0.39, 0.29) is 12.5 Å². The first-order chi connectivity index (χ1) is 15.5. The smallest absolute Gasteiger partial charge is 0.277 e. The summed E-state index contributed by atoms with van der Waals surface area (Å²) < 4.78 is 7.84. The molecule has 1 heterocycles. The molecule has 0 fully saturated rings. The molecule has 1 aromatic heterocycles.